The molecule has 26 heavy (non-hydrogen) atoms. The van der Waals surface area contributed by atoms with Crippen molar-refractivity contribution in [3.63, 3.8) is 0 Å². The minimum Gasteiger partial charge on any atom is -0.493 e. The summed E-state index contributed by atoms with van der Waals surface area (Å²) in [5, 5.41) is 8.69. The molecule has 2 rings (SSSR count). The number of ether oxygens (including phenoxy) is 2. The van der Waals surface area contributed by atoms with Crippen LogP contribution in [0.5, 0.6) is 11.5 Å². The second kappa shape index (κ2) is 8.09. The smallest absolute Gasteiger partial charge is 0.344 e. The number of benzene rings is 1. The molecule has 1 fully saturated rings. The molecule has 0 unspecified atom stereocenters. The van der Waals surface area contributed by atoms with Crippen molar-refractivity contribution in [3.05, 3.63) is 41.3 Å². The molecule has 0 bridgehead atoms. The molecule has 1 saturated heterocycles. The van der Waals surface area contributed by atoms with Gasteiger partial charge in [-0.25, -0.2) is 4.79 Å². The molecule has 0 aliphatic carbocycles. The lowest BCUT2D eigenvalue weighted by Crippen LogP contribution is -2.35. The Bertz CT molecular complexity index is 788. The second-order valence-electron chi connectivity index (χ2n) is 5.50. The van der Waals surface area contributed by atoms with Gasteiger partial charge < -0.3 is 14.6 Å². The van der Waals surface area contributed by atoms with E-state index < -0.39 is 29.3 Å². The zero-order valence-corrected chi connectivity index (χ0v) is 15.4. The first-order valence-electron chi connectivity index (χ1n) is 7.76. The van der Waals surface area contributed by atoms with E-state index in [-0.39, 0.29) is 10.7 Å². The van der Waals surface area contributed by atoms with Gasteiger partial charge in [-0.3, -0.25) is 14.5 Å². The molecule has 2 atom stereocenters. The van der Waals surface area contributed by atoms with Crippen molar-refractivity contribution >= 4 is 35.0 Å². The van der Waals surface area contributed by atoms with Crippen LogP contribution in [-0.4, -0.2) is 46.4 Å². The number of carbonyl (C=O) groups is 3. The largest absolute Gasteiger partial charge is 0.493 e. The maximum Gasteiger partial charge on any atom is 0.344 e. The average molecular weight is 377 g/mol. The van der Waals surface area contributed by atoms with E-state index in [0.29, 0.717) is 11.3 Å². The summed E-state index contributed by atoms with van der Waals surface area (Å²) in [6.07, 6.45) is 1.88. The van der Waals surface area contributed by atoms with Crippen LogP contribution in [0.4, 0.5) is 4.79 Å². The number of hydrogen-bond donors (Lipinski definition) is 1. The van der Waals surface area contributed by atoms with Crippen molar-refractivity contribution in [3.8, 4) is 11.5 Å². The molecule has 1 N–H and O–H groups in total. The summed E-state index contributed by atoms with van der Waals surface area (Å²) in [7, 11) is 1.43. The Morgan fingerprint density at radius 1 is 1.35 bits per heavy atom. The van der Waals surface area contributed by atoms with Crippen LogP contribution in [0.25, 0.3) is 6.08 Å². The van der Waals surface area contributed by atoms with Crippen molar-refractivity contribution in [2.75, 3.05) is 7.11 Å². The van der Waals surface area contributed by atoms with E-state index in [0.717, 1.165) is 16.7 Å². The summed E-state index contributed by atoms with van der Waals surface area (Å²) < 4.78 is 10.7. The zero-order chi connectivity index (χ0) is 19.4. The Morgan fingerprint density at radius 2 is 2.04 bits per heavy atom. The number of para-hydroxylation sites is 1. The van der Waals surface area contributed by atoms with Crippen LogP contribution in [-0.2, 0) is 9.59 Å². The van der Waals surface area contributed by atoms with E-state index in [2.05, 4.69) is 6.58 Å². The number of carbonyl (C=O) groups excluding carboxylic acids is 2. The molecule has 2 amide bonds. The van der Waals surface area contributed by atoms with E-state index in [1.165, 1.54) is 26.2 Å². The highest BCUT2D eigenvalue weighted by Crippen LogP contribution is 2.38. The number of aliphatic carboxylic acids is 1. The van der Waals surface area contributed by atoms with Crippen LogP contribution in [0.3, 0.4) is 0 Å². The monoisotopic (exact) mass is 377 g/mol. The molecule has 0 radical (unpaired) electrons. The molecule has 0 aromatic heterocycles. The molecular weight excluding hydrogens is 358 g/mol. The number of carboxylic acid groups (broad SMARTS) is 1. The van der Waals surface area contributed by atoms with Gasteiger partial charge in [0.15, 0.2) is 17.6 Å². The summed E-state index contributed by atoms with van der Waals surface area (Å²) in [5.41, 5.74) is 0.439. The predicted molar refractivity (Wildman–Crippen MR) is 98.2 cm³/mol. The number of rotatable bonds is 7. The van der Waals surface area contributed by atoms with Crippen LogP contribution < -0.4 is 9.47 Å². The van der Waals surface area contributed by atoms with Gasteiger partial charge >= 0.3 is 5.97 Å². The molecule has 1 aliphatic heterocycles. The first-order chi connectivity index (χ1) is 12.3. The van der Waals surface area contributed by atoms with Crippen molar-refractivity contribution in [2.45, 2.75) is 26.0 Å². The SMILES string of the molecule is C=C[C@H](C)N1C(=O)S/C(=C\c2cccc(OC)c2O[C@H](C)C(=O)O)C1=O. The van der Waals surface area contributed by atoms with Crippen LogP contribution in [0.15, 0.2) is 35.8 Å². The molecule has 0 saturated carbocycles. The second-order valence-corrected chi connectivity index (χ2v) is 6.50. The van der Waals surface area contributed by atoms with Crippen molar-refractivity contribution in [1.82, 2.24) is 4.90 Å². The molecule has 0 spiro atoms. The summed E-state index contributed by atoms with van der Waals surface area (Å²) in [5.74, 6) is -1.06. The maximum absolute atomic E-state index is 12.5. The number of carboxylic acids is 1. The number of hydrogen-bond acceptors (Lipinski definition) is 6. The van der Waals surface area contributed by atoms with E-state index in [1.54, 1.807) is 25.1 Å². The first kappa shape index (κ1) is 19.6. The third kappa shape index (κ3) is 3.91. The fourth-order valence-corrected chi connectivity index (χ4v) is 3.15. The number of imide groups is 1. The maximum atomic E-state index is 12.5. The van der Waals surface area contributed by atoms with Crippen molar-refractivity contribution < 1.29 is 29.0 Å². The normalized spacial score (nSPS) is 18.0. The predicted octanol–water partition coefficient (Wildman–Crippen LogP) is 3.16. The standard InChI is InChI=1S/C18H19NO6S/c1-5-10(2)19-16(20)14(26-18(19)23)9-12-7-6-8-13(24-4)15(12)25-11(3)17(21)22/h5-11H,1H2,2-4H3,(H,21,22)/b14-9-/t10-,11+/m0/s1. The third-order valence-corrected chi connectivity index (χ3v) is 4.61. The number of amides is 2. The quantitative estimate of drug-likeness (QED) is 0.576. The fraction of sp³-hybridized carbons (Fsp3) is 0.278. The Hall–Kier alpha value is -2.74. The Labute approximate surface area is 155 Å². The Balaban J connectivity index is 2.44. The topological polar surface area (TPSA) is 93.1 Å². The van der Waals surface area contributed by atoms with E-state index >= 15 is 0 Å². The summed E-state index contributed by atoms with van der Waals surface area (Å²) in [6.45, 7) is 6.68. The van der Waals surface area contributed by atoms with Gasteiger partial charge in [0.1, 0.15) is 0 Å². The number of thioether (sulfide) groups is 1. The van der Waals surface area contributed by atoms with Crippen molar-refractivity contribution in [1.29, 1.82) is 0 Å². The van der Waals surface area contributed by atoms with Crippen LogP contribution >= 0.6 is 11.8 Å². The van der Waals surface area contributed by atoms with Crippen LogP contribution in [0.1, 0.15) is 19.4 Å². The Kier molecular flexibility index (Phi) is 6.10. The lowest BCUT2D eigenvalue weighted by Gasteiger charge is -2.17. The molecular formula is C18H19NO6S. The van der Waals surface area contributed by atoms with Gasteiger partial charge in [-0.1, -0.05) is 18.2 Å². The van der Waals surface area contributed by atoms with Gasteiger partial charge in [-0.2, -0.15) is 0 Å². The zero-order valence-electron chi connectivity index (χ0n) is 14.6. The fourth-order valence-electron chi connectivity index (χ4n) is 2.24. The van der Waals surface area contributed by atoms with Crippen LogP contribution in [0.2, 0.25) is 0 Å². The highest BCUT2D eigenvalue weighted by Gasteiger charge is 2.37. The van der Waals surface area contributed by atoms with Gasteiger partial charge in [-0.05, 0) is 37.8 Å². The van der Waals surface area contributed by atoms with E-state index in [4.69, 9.17) is 14.6 Å². The molecule has 1 aliphatic rings. The van der Waals surface area contributed by atoms with E-state index in [1.807, 2.05) is 0 Å². The lowest BCUT2D eigenvalue weighted by atomic mass is 10.1. The number of nitrogens with zero attached hydrogens (tertiary/aromatic N) is 1. The average Bonchev–Trinajstić information content (AvgIpc) is 2.89. The minimum absolute atomic E-state index is 0.188. The van der Waals surface area contributed by atoms with Gasteiger partial charge in [0, 0.05) is 5.56 Å². The Morgan fingerprint density at radius 3 is 2.62 bits per heavy atom. The van der Waals surface area contributed by atoms with Gasteiger partial charge in [-0.15, -0.1) is 6.58 Å². The highest BCUT2D eigenvalue weighted by molar-refractivity contribution is 8.18. The minimum atomic E-state index is -1.14. The van der Waals surface area contributed by atoms with Gasteiger partial charge in [0.2, 0.25) is 0 Å². The summed E-state index contributed by atoms with van der Waals surface area (Å²) in [4.78, 5) is 37.1. The molecule has 1 heterocycles. The lowest BCUT2D eigenvalue weighted by molar-refractivity contribution is -0.144. The molecule has 138 valence electrons. The third-order valence-electron chi connectivity index (χ3n) is 3.73. The van der Waals surface area contributed by atoms with Crippen molar-refractivity contribution in [2.24, 2.45) is 0 Å². The first-order valence-corrected chi connectivity index (χ1v) is 8.57. The molecule has 1 aromatic carbocycles. The van der Waals surface area contributed by atoms with E-state index in [9.17, 15) is 14.4 Å². The molecule has 8 heteroatoms. The summed E-state index contributed by atoms with van der Waals surface area (Å²) in [6, 6.07) is 4.52. The number of methoxy groups -OCH3 is 1. The highest BCUT2D eigenvalue weighted by atomic mass is 32.2. The van der Waals surface area contributed by atoms with Crippen LogP contribution in [0, 0.1) is 0 Å². The van der Waals surface area contributed by atoms with Gasteiger partial charge in [0.25, 0.3) is 11.1 Å². The molecule has 1 aromatic rings. The summed E-state index contributed by atoms with van der Waals surface area (Å²) >= 11 is 0.806. The molecule has 7 nitrogen and oxygen atoms in total. The van der Waals surface area contributed by atoms with Gasteiger partial charge in [0.05, 0.1) is 18.1 Å².